The first-order valence-corrected chi connectivity index (χ1v) is 7.10. The van der Waals surface area contributed by atoms with Crippen molar-refractivity contribution in [3.8, 4) is 0 Å². The predicted octanol–water partition coefficient (Wildman–Crippen LogP) is 3.85. The molecule has 0 spiro atoms. The molecule has 1 heterocycles. The molecule has 0 aromatic heterocycles. The summed E-state index contributed by atoms with van der Waals surface area (Å²) in [6.45, 7) is 4.22. The fraction of sp³-hybridized carbons (Fsp3) is 0.375. The molecular formula is C16H21ClN2. The van der Waals surface area contributed by atoms with E-state index in [4.69, 9.17) is 11.6 Å². The van der Waals surface area contributed by atoms with Crippen molar-refractivity contribution in [1.82, 2.24) is 9.80 Å². The molecule has 1 aromatic rings. The van der Waals surface area contributed by atoms with Crippen LogP contribution in [0, 0.1) is 0 Å². The fourth-order valence-electron chi connectivity index (χ4n) is 2.49. The average molecular weight is 277 g/mol. The van der Waals surface area contributed by atoms with Crippen LogP contribution in [0.3, 0.4) is 0 Å². The average Bonchev–Trinajstić information content (AvgIpc) is 2.39. The summed E-state index contributed by atoms with van der Waals surface area (Å²) in [5.74, 6) is 1.28. The van der Waals surface area contributed by atoms with E-state index in [0.29, 0.717) is 0 Å². The maximum absolute atomic E-state index is 5.97. The molecule has 0 aliphatic carbocycles. The summed E-state index contributed by atoms with van der Waals surface area (Å²) in [5.41, 5.74) is 2.48. The summed E-state index contributed by atoms with van der Waals surface area (Å²) in [5, 5.41) is 0.779. The first kappa shape index (κ1) is 14.0. The van der Waals surface area contributed by atoms with Crippen molar-refractivity contribution in [1.29, 1.82) is 0 Å². The molecule has 1 aliphatic rings. The van der Waals surface area contributed by atoms with Crippen molar-refractivity contribution in [2.24, 2.45) is 0 Å². The van der Waals surface area contributed by atoms with Crippen molar-refractivity contribution in [3.05, 3.63) is 52.8 Å². The zero-order valence-electron chi connectivity index (χ0n) is 11.9. The van der Waals surface area contributed by atoms with Crippen LogP contribution in [-0.4, -0.2) is 37.0 Å². The molecular weight excluding hydrogens is 256 g/mol. The molecule has 1 aliphatic heterocycles. The number of likely N-dealkylation sites (N-methyl/N-ethyl adjacent to an activating group) is 1. The van der Waals surface area contributed by atoms with Crippen LogP contribution >= 0.6 is 11.6 Å². The third-order valence-corrected chi connectivity index (χ3v) is 3.59. The minimum atomic E-state index is 0.779. The van der Waals surface area contributed by atoms with Gasteiger partial charge in [-0.1, -0.05) is 42.8 Å². The molecule has 0 bridgehead atoms. The molecule has 0 saturated carbocycles. The molecule has 102 valence electrons. The van der Waals surface area contributed by atoms with Gasteiger partial charge in [-0.05, 0) is 24.1 Å². The van der Waals surface area contributed by atoms with E-state index in [9.17, 15) is 0 Å². The van der Waals surface area contributed by atoms with Crippen LogP contribution in [0.25, 0.3) is 5.57 Å². The van der Waals surface area contributed by atoms with E-state index >= 15 is 0 Å². The third kappa shape index (κ3) is 3.13. The monoisotopic (exact) mass is 276 g/mol. The fourth-order valence-corrected chi connectivity index (χ4v) is 2.61. The van der Waals surface area contributed by atoms with Gasteiger partial charge in [0.15, 0.2) is 0 Å². The van der Waals surface area contributed by atoms with Crippen molar-refractivity contribution in [2.75, 3.05) is 27.2 Å². The minimum Gasteiger partial charge on any atom is -0.361 e. The highest BCUT2D eigenvalue weighted by molar-refractivity contribution is 6.30. The number of allylic oxidation sites excluding steroid dienone is 2. The standard InChI is InChI=1S/C16H21ClN2/c1-4-11-18(2)16-15(6-5-12-19(16)3)13-7-9-14(17)10-8-13/h5-10H,4,11-12H2,1-3H3. The summed E-state index contributed by atoms with van der Waals surface area (Å²) in [6, 6.07) is 8.06. The van der Waals surface area contributed by atoms with Crippen LogP contribution in [-0.2, 0) is 0 Å². The summed E-state index contributed by atoms with van der Waals surface area (Å²) in [7, 11) is 4.30. The summed E-state index contributed by atoms with van der Waals surface area (Å²) < 4.78 is 0. The van der Waals surface area contributed by atoms with Gasteiger partial charge in [0, 0.05) is 37.8 Å². The Morgan fingerprint density at radius 1 is 1.26 bits per heavy atom. The molecule has 0 fully saturated rings. The molecule has 3 heteroatoms. The highest BCUT2D eigenvalue weighted by Gasteiger charge is 2.17. The largest absolute Gasteiger partial charge is 0.361 e. The van der Waals surface area contributed by atoms with Gasteiger partial charge in [-0.25, -0.2) is 0 Å². The second-order valence-electron chi connectivity index (χ2n) is 4.95. The lowest BCUT2D eigenvalue weighted by atomic mass is 10.0. The van der Waals surface area contributed by atoms with Gasteiger partial charge in [0.2, 0.25) is 0 Å². The number of rotatable bonds is 4. The van der Waals surface area contributed by atoms with Gasteiger partial charge < -0.3 is 9.80 Å². The molecule has 2 nitrogen and oxygen atoms in total. The van der Waals surface area contributed by atoms with E-state index in [1.54, 1.807) is 0 Å². The highest BCUT2D eigenvalue weighted by atomic mass is 35.5. The number of nitrogens with zero attached hydrogens (tertiary/aromatic N) is 2. The maximum Gasteiger partial charge on any atom is 0.112 e. The number of halogens is 1. The Morgan fingerprint density at radius 3 is 2.58 bits per heavy atom. The Morgan fingerprint density at radius 2 is 1.95 bits per heavy atom. The van der Waals surface area contributed by atoms with Crippen LogP contribution in [0.1, 0.15) is 18.9 Å². The van der Waals surface area contributed by atoms with Crippen LogP contribution in [0.5, 0.6) is 0 Å². The van der Waals surface area contributed by atoms with Crippen molar-refractivity contribution >= 4 is 17.2 Å². The highest BCUT2D eigenvalue weighted by Crippen LogP contribution is 2.28. The zero-order chi connectivity index (χ0) is 13.8. The smallest absolute Gasteiger partial charge is 0.112 e. The molecule has 0 unspecified atom stereocenters. The molecule has 0 amide bonds. The normalized spacial score (nSPS) is 15.1. The quantitative estimate of drug-likeness (QED) is 0.824. The zero-order valence-corrected chi connectivity index (χ0v) is 12.6. The van der Waals surface area contributed by atoms with Gasteiger partial charge in [-0.15, -0.1) is 0 Å². The number of benzene rings is 1. The first-order valence-electron chi connectivity index (χ1n) is 6.72. The van der Waals surface area contributed by atoms with E-state index in [2.05, 4.69) is 55.1 Å². The van der Waals surface area contributed by atoms with Crippen LogP contribution < -0.4 is 0 Å². The maximum atomic E-state index is 5.97. The molecule has 0 saturated heterocycles. The summed E-state index contributed by atoms with van der Waals surface area (Å²) in [6.07, 6.45) is 5.56. The molecule has 19 heavy (non-hydrogen) atoms. The van der Waals surface area contributed by atoms with E-state index in [0.717, 1.165) is 24.5 Å². The van der Waals surface area contributed by atoms with E-state index in [1.807, 2.05) is 12.1 Å². The Balaban J connectivity index is 2.44. The molecule has 1 aromatic carbocycles. The van der Waals surface area contributed by atoms with Gasteiger partial charge in [-0.2, -0.15) is 0 Å². The van der Waals surface area contributed by atoms with E-state index in [-0.39, 0.29) is 0 Å². The second-order valence-corrected chi connectivity index (χ2v) is 5.39. The van der Waals surface area contributed by atoms with Crippen LogP contribution in [0.4, 0.5) is 0 Å². The van der Waals surface area contributed by atoms with Crippen LogP contribution in [0.15, 0.2) is 42.2 Å². The lowest BCUT2D eigenvalue weighted by Gasteiger charge is -2.34. The Kier molecular flexibility index (Phi) is 4.54. The number of hydrogen-bond donors (Lipinski definition) is 0. The van der Waals surface area contributed by atoms with Crippen LogP contribution in [0.2, 0.25) is 5.02 Å². The topological polar surface area (TPSA) is 6.48 Å². The Labute approximate surface area is 121 Å². The van der Waals surface area contributed by atoms with Gasteiger partial charge >= 0.3 is 0 Å². The molecule has 0 atom stereocenters. The lowest BCUT2D eigenvalue weighted by molar-refractivity contribution is 0.284. The summed E-state index contributed by atoms with van der Waals surface area (Å²) in [4.78, 5) is 4.62. The van der Waals surface area contributed by atoms with Crippen molar-refractivity contribution in [3.63, 3.8) is 0 Å². The Bertz CT molecular complexity index is 488. The minimum absolute atomic E-state index is 0.779. The van der Waals surface area contributed by atoms with Gasteiger partial charge in [0.25, 0.3) is 0 Å². The molecule has 0 radical (unpaired) electrons. The van der Waals surface area contributed by atoms with E-state index in [1.165, 1.54) is 17.0 Å². The van der Waals surface area contributed by atoms with E-state index < -0.39 is 0 Å². The Hall–Kier alpha value is -1.41. The van der Waals surface area contributed by atoms with Crippen molar-refractivity contribution < 1.29 is 0 Å². The van der Waals surface area contributed by atoms with Gasteiger partial charge in [0.05, 0.1) is 0 Å². The van der Waals surface area contributed by atoms with Crippen molar-refractivity contribution in [2.45, 2.75) is 13.3 Å². The van der Waals surface area contributed by atoms with Gasteiger partial charge in [-0.3, -0.25) is 0 Å². The first-order chi connectivity index (χ1) is 9.13. The van der Waals surface area contributed by atoms with Gasteiger partial charge in [0.1, 0.15) is 5.82 Å². The molecule has 0 N–H and O–H groups in total. The third-order valence-electron chi connectivity index (χ3n) is 3.34. The molecule has 2 rings (SSSR count). The predicted molar refractivity (Wildman–Crippen MR) is 83.1 cm³/mol. The SMILES string of the molecule is CCCN(C)C1=C(c2ccc(Cl)cc2)C=CCN1C. The lowest BCUT2D eigenvalue weighted by Crippen LogP contribution is -2.33. The number of hydrogen-bond acceptors (Lipinski definition) is 2. The summed E-state index contributed by atoms with van der Waals surface area (Å²) >= 11 is 5.97. The second kappa shape index (κ2) is 6.16.